The van der Waals surface area contributed by atoms with Crippen LogP contribution in [0.4, 0.5) is 4.79 Å². The summed E-state index contributed by atoms with van der Waals surface area (Å²) in [6, 6.07) is 0. The minimum absolute atomic E-state index is 0.148. The molecule has 1 fully saturated rings. The molecule has 2 atom stereocenters. The summed E-state index contributed by atoms with van der Waals surface area (Å²) in [5.74, 6) is 0.701. The number of hydrogen-bond acceptors (Lipinski definition) is 2. The van der Waals surface area contributed by atoms with Crippen LogP contribution >= 0.6 is 0 Å². The highest BCUT2D eigenvalue weighted by Crippen LogP contribution is 2.25. The van der Waals surface area contributed by atoms with E-state index in [-0.39, 0.29) is 12.2 Å². The predicted octanol–water partition coefficient (Wildman–Crippen LogP) is 3.09. The Bertz CT molecular complexity index is 194. The molecule has 1 rings (SSSR count). The van der Waals surface area contributed by atoms with Crippen LogP contribution in [0.1, 0.15) is 52.4 Å². The number of rotatable bonds is 4. The average molecular weight is 213 g/mol. The molecule has 0 bridgehead atoms. The molecule has 0 spiro atoms. The Hall–Kier alpha value is -0.730. The maximum Gasteiger partial charge on any atom is 0.407 e. The fraction of sp³-hybridized carbons (Fsp3) is 0.917. The van der Waals surface area contributed by atoms with Gasteiger partial charge in [0.25, 0.3) is 0 Å². The van der Waals surface area contributed by atoms with E-state index < -0.39 is 0 Å². The Labute approximate surface area is 92.6 Å². The zero-order valence-electron chi connectivity index (χ0n) is 9.92. The van der Waals surface area contributed by atoms with E-state index in [0.717, 1.165) is 32.2 Å². The van der Waals surface area contributed by atoms with Crippen LogP contribution in [-0.2, 0) is 4.74 Å². The van der Waals surface area contributed by atoms with Crippen molar-refractivity contribution in [3.63, 3.8) is 0 Å². The van der Waals surface area contributed by atoms with Gasteiger partial charge >= 0.3 is 6.09 Å². The maximum absolute atomic E-state index is 11.4. The van der Waals surface area contributed by atoms with Gasteiger partial charge in [0.05, 0.1) is 0 Å². The SMILES string of the molecule is CCCCNC(=O)O[C@@H]1CCC[C@H](C)C1. The van der Waals surface area contributed by atoms with E-state index in [1.165, 1.54) is 12.8 Å². The quantitative estimate of drug-likeness (QED) is 0.729. The number of carbonyl (C=O) groups excluding carboxylic acids is 1. The fourth-order valence-corrected chi connectivity index (χ4v) is 2.05. The molecule has 3 nitrogen and oxygen atoms in total. The largest absolute Gasteiger partial charge is 0.446 e. The summed E-state index contributed by atoms with van der Waals surface area (Å²) >= 11 is 0. The number of unbranched alkanes of at least 4 members (excludes halogenated alkanes) is 1. The van der Waals surface area contributed by atoms with Crippen LogP contribution in [0.3, 0.4) is 0 Å². The number of alkyl carbamates (subject to hydrolysis) is 1. The van der Waals surface area contributed by atoms with Gasteiger partial charge in [0.1, 0.15) is 6.10 Å². The van der Waals surface area contributed by atoms with Gasteiger partial charge in [-0.1, -0.05) is 26.7 Å². The third-order valence-corrected chi connectivity index (χ3v) is 2.96. The third-order valence-electron chi connectivity index (χ3n) is 2.96. The Balaban J connectivity index is 2.13. The molecule has 0 aromatic rings. The van der Waals surface area contributed by atoms with Crippen molar-refractivity contribution in [2.75, 3.05) is 6.54 Å². The summed E-state index contributed by atoms with van der Waals surface area (Å²) in [4.78, 5) is 11.4. The lowest BCUT2D eigenvalue weighted by Gasteiger charge is -2.26. The Morgan fingerprint density at radius 3 is 2.93 bits per heavy atom. The summed E-state index contributed by atoms with van der Waals surface area (Å²) in [7, 11) is 0. The van der Waals surface area contributed by atoms with Crippen LogP contribution in [-0.4, -0.2) is 18.7 Å². The van der Waals surface area contributed by atoms with E-state index >= 15 is 0 Å². The van der Waals surface area contributed by atoms with Crippen molar-refractivity contribution in [2.24, 2.45) is 5.92 Å². The average Bonchev–Trinajstić information content (AvgIpc) is 2.18. The highest BCUT2D eigenvalue weighted by Gasteiger charge is 2.21. The molecule has 1 saturated carbocycles. The van der Waals surface area contributed by atoms with E-state index in [4.69, 9.17) is 4.74 Å². The molecule has 0 unspecified atom stereocenters. The van der Waals surface area contributed by atoms with E-state index in [9.17, 15) is 4.79 Å². The molecular formula is C12H23NO2. The van der Waals surface area contributed by atoms with Crippen molar-refractivity contribution in [1.29, 1.82) is 0 Å². The third kappa shape index (κ3) is 5.05. The zero-order chi connectivity index (χ0) is 11.1. The molecule has 1 N–H and O–H groups in total. The molecule has 88 valence electrons. The lowest BCUT2D eigenvalue weighted by molar-refractivity contribution is 0.0625. The van der Waals surface area contributed by atoms with Gasteiger partial charge in [0.15, 0.2) is 0 Å². The molecule has 3 heteroatoms. The maximum atomic E-state index is 11.4. The Morgan fingerprint density at radius 2 is 2.27 bits per heavy atom. The molecular weight excluding hydrogens is 190 g/mol. The van der Waals surface area contributed by atoms with Crippen molar-refractivity contribution in [3.05, 3.63) is 0 Å². The van der Waals surface area contributed by atoms with Crippen LogP contribution in [0.2, 0.25) is 0 Å². The first-order valence-corrected chi connectivity index (χ1v) is 6.16. The topological polar surface area (TPSA) is 38.3 Å². The van der Waals surface area contributed by atoms with Gasteiger partial charge in [-0.25, -0.2) is 4.79 Å². The summed E-state index contributed by atoms with van der Waals surface area (Å²) in [6.07, 6.45) is 6.56. The molecule has 15 heavy (non-hydrogen) atoms. The summed E-state index contributed by atoms with van der Waals surface area (Å²) < 4.78 is 5.36. The molecule has 0 saturated heterocycles. The smallest absolute Gasteiger partial charge is 0.407 e. The van der Waals surface area contributed by atoms with Crippen LogP contribution in [0, 0.1) is 5.92 Å². The highest BCUT2D eigenvalue weighted by molar-refractivity contribution is 5.67. The highest BCUT2D eigenvalue weighted by atomic mass is 16.6. The van der Waals surface area contributed by atoms with Gasteiger partial charge < -0.3 is 10.1 Å². The molecule has 0 heterocycles. The van der Waals surface area contributed by atoms with Gasteiger partial charge in [-0.15, -0.1) is 0 Å². The second-order valence-electron chi connectivity index (χ2n) is 4.58. The van der Waals surface area contributed by atoms with Crippen molar-refractivity contribution in [2.45, 2.75) is 58.5 Å². The fourth-order valence-electron chi connectivity index (χ4n) is 2.05. The lowest BCUT2D eigenvalue weighted by Crippen LogP contribution is -2.32. The minimum atomic E-state index is -0.234. The molecule has 0 aromatic carbocycles. The molecule has 0 aromatic heterocycles. The van der Waals surface area contributed by atoms with Crippen LogP contribution in [0.15, 0.2) is 0 Å². The Kier molecular flexibility index (Phi) is 5.51. The second kappa shape index (κ2) is 6.70. The predicted molar refractivity (Wildman–Crippen MR) is 60.8 cm³/mol. The van der Waals surface area contributed by atoms with Crippen molar-refractivity contribution in [1.82, 2.24) is 5.32 Å². The van der Waals surface area contributed by atoms with Gasteiger partial charge in [-0.3, -0.25) is 0 Å². The van der Waals surface area contributed by atoms with E-state index in [1.54, 1.807) is 0 Å². The van der Waals surface area contributed by atoms with Gasteiger partial charge in [-0.05, 0) is 31.6 Å². The van der Waals surface area contributed by atoms with Crippen LogP contribution in [0.25, 0.3) is 0 Å². The van der Waals surface area contributed by atoms with Crippen LogP contribution in [0.5, 0.6) is 0 Å². The van der Waals surface area contributed by atoms with Crippen molar-refractivity contribution in [3.8, 4) is 0 Å². The minimum Gasteiger partial charge on any atom is -0.446 e. The summed E-state index contributed by atoms with van der Waals surface area (Å²) in [5.41, 5.74) is 0. The van der Waals surface area contributed by atoms with Gasteiger partial charge in [0, 0.05) is 6.54 Å². The standard InChI is InChI=1S/C12H23NO2/c1-3-4-8-13-12(14)15-11-7-5-6-10(2)9-11/h10-11H,3-9H2,1-2H3,(H,13,14)/t10-,11+/m0/s1. The number of nitrogens with one attached hydrogen (secondary N) is 1. The first kappa shape index (κ1) is 12.3. The first-order valence-electron chi connectivity index (χ1n) is 6.16. The molecule has 0 radical (unpaired) electrons. The van der Waals surface area contributed by atoms with E-state index in [0.29, 0.717) is 5.92 Å². The number of ether oxygens (including phenoxy) is 1. The zero-order valence-corrected chi connectivity index (χ0v) is 9.92. The van der Waals surface area contributed by atoms with Crippen LogP contribution < -0.4 is 5.32 Å². The summed E-state index contributed by atoms with van der Waals surface area (Å²) in [6.45, 7) is 5.07. The molecule has 1 amide bonds. The molecule has 0 aliphatic heterocycles. The number of amides is 1. The number of carbonyl (C=O) groups is 1. The van der Waals surface area contributed by atoms with E-state index in [2.05, 4.69) is 19.2 Å². The second-order valence-corrected chi connectivity index (χ2v) is 4.58. The summed E-state index contributed by atoms with van der Waals surface area (Å²) in [5, 5.41) is 2.78. The Morgan fingerprint density at radius 1 is 1.47 bits per heavy atom. The van der Waals surface area contributed by atoms with Gasteiger partial charge in [-0.2, -0.15) is 0 Å². The van der Waals surface area contributed by atoms with Crippen molar-refractivity contribution >= 4 is 6.09 Å². The molecule has 1 aliphatic rings. The first-order chi connectivity index (χ1) is 7.22. The van der Waals surface area contributed by atoms with Gasteiger partial charge in [0.2, 0.25) is 0 Å². The van der Waals surface area contributed by atoms with Crippen molar-refractivity contribution < 1.29 is 9.53 Å². The lowest BCUT2D eigenvalue weighted by atomic mass is 9.89. The monoisotopic (exact) mass is 213 g/mol. The number of hydrogen-bond donors (Lipinski definition) is 1. The molecule has 1 aliphatic carbocycles. The normalized spacial score (nSPS) is 26.0. The van der Waals surface area contributed by atoms with E-state index in [1.807, 2.05) is 0 Å².